The van der Waals surface area contributed by atoms with Gasteiger partial charge in [-0.05, 0) is 12.1 Å². The summed E-state index contributed by atoms with van der Waals surface area (Å²) < 4.78 is 7.78. The molecule has 0 N–H and O–H groups in total. The molecule has 4 aromatic rings. The Morgan fingerprint density at radius 2 is 1.62 bits per heavy atom. The molecule has 0 aliphatic carbocycles. The monoisotopic (exact) mass is 362 g/mol. The highest BCUT2D eigenvalue weighted by molar-refractivity contribution is 7.98. The lowest BCUT2D eigenvalue weighted by molar-refractivity contribution is 0.470. The fourth-order valence-electron chi connectivity index (χ4n) is 2.69. The van der Waals surface area contributed by atoms with Gasteiger partial charge in [-0.1, -0.05) is 67.2 Å². The van der Waals surface area contributed by atoms with Gasteiger partial charge in [0.1, 0.15) is 0 Å². The first kappa shape index (κ1) is 16.6. The third kappa shape index (κ3) is 3.41. The molecule has 0 saturated heterocycles. The molecule has 5 nitrogen and oxygen atoms in total. The number of thioether (sulfide) groups is 1. The van der Waals surface area contributed by atoms with Crippen LogP contribution in [-0.4, -0.2) is 19.7 Å². The minimum Gasteiger partial charge on any atom is -0.424 e. The van der Waals surface area contributed by atoms with E-state index in [2.05, 4.69) is 44.0 Å². The van der Waals surface area contributed by atoms with Crippen LogP contribution in [0, 0.1) is 0 Å². The molecule has 4 rings (SSSR count). The Kier molecular flexibility index (Phi) is 4.84. The molecule has 0 saturated carbocycles. The SMILES string of the molecule is CCc1nnc(CSc2ncc(-c3ccccc3)n2-c2ccccc2)o1. The molecule has 0 unspecified atom stereocenters. The number of hydrogen-bond donors (Lipinski definition) is 0. The molecule has 0 radical (unpaired) electrons. The van der Waals surface area contributed by atoms with E-state index in [4.69, 9.17) is 4.42 Å². The molecule has 0 bridgehead atoms. The van der Waals surface area contributed by atoms with Gasteiger partial charge >= 0.3 is 0 Å². The average molecular weight is 362 g/mol. The zero-order valence-electron chi connectivity index (χ0n) is 14.4. The summed E-state index contributed by atoms with van der Waals surface area (Å²) in [4.78, 5) is 4.65. The van der Waals surface area contributed by atoms with Crippen molar-refractivity contribution in [3.8, 4) is 16.9 Å². The first-order chi connectivity index (χ1) is 12.8. The normalized spacial score (nSPS) is 11.0. The fraction of sp³-hybridized carbons (Fsp3) is 0.150. The highest BCUT2D eigenvalue weighted by atomic mass is 32.2. The summed E-state index contributed by atoms with van der Waals surface area (Å²) in [5.74, 6) is 1.87. The van der Waals surface area contributed by atoms with Crippen LogP contribution in [0.1, 0.15) is 18.7 Å². The van der Waals surface area contributed by atoms with Crippen molar-refractivity contribution in [3.05, 3.63) is 78.6 Å². The summed E-state index contributed by atoms with van der Waals surface area (Å²) in [5.41, 5.74) is 3.26. The van der Waals surface area contributed by atoms with Crippen LogP contribution >= 0.6 is 11.8 Å². The predicted molar refractivity (Wildman–Crippen MR) is 102 cm³/mol. The fourth-order valence-corrected chi connectivity index (χ4v) is 3.52. The molecule has 0 amide bonds. The first-order valence-electron chi connectivity index (χ1n) is 8.48. The lowest BCUT2D eigenvalue weighted by atomic mass is 10.1. The summed E-state index contributed by atoms with van der Waals surface area (Å²) in [7, 11) is 0. The van der Waals surface area contributed by atoms with Crippen molar-refractivity contribution in [1.82, 2.24) is 19.7 Å². The van der Waals surface area contributed by atoms with Gasteiger partial charge in [-0.2, -0.15) is 0 Å². The molecule has 0 fully saturated rings. The summed E-state index contributed by atoms with van der Waals surface area (Å²) in [6.07, 6.45) is 2.66. The van der Waals surface area contributed by atoms with Crippen molar-refractivity contribution >= 4 is 11.8 Å². The lowest BCUT2D eigenvalue weighted by Gasteiger charge is -2.11. The maximum atomic E-state index is 5.61. The van der Waals surface area contributed by atoms with Crippen LogP contribution in [0.5, 0.6) is 0 Å². The zero-order chi connectivity index (χ0) is 17.8. The molecule has 0 spiro atoms. The second-order valence-electron chi connectivity index (χ2n) is 5.69. The number of aromatic nitrogens is 4. The van der Waals surface area contributed by atoms with Crippen LogP contribution < -0.4 is 0 Å². The van der Waals surface area contributed by atoms with Gasteiger partial charge < -0.3 is 4.42 Å². The van der Waals surface area contributed by atoms with Crippen LogP contribution in [0.25, 0.3) is 16.9 Å². The van der Waals surface area contributed by atoms with E-state index in [0.29, 0.717) is 17.5 Å². The van der Waals surface area contributed by atoms with Gasteiger partial charge in [0.25, 0.3) is 0 Å². The van der Waals surface area contributed by atoms with E-state index in [1.807, 2.05) is 49.5 Å². The number of aryl methyl sites for hydroxylation is 1. The third-order valence-electron chi connectivity index (χ3n) is 3.95. The summed E-state index contributed by atoms with van der Waals surface area (Å²) >= 11 is 1.59. The molecule has 0 aliphatic rings. The van der Waals surface area contributed by atoms with Crippen molar-refractivity contribution in [2.24, 2.45) is 0 Å². The number of hydrogen-bond acceptors (Lipinski definition) is 5. The van der Waals surface area contributed by atoms with Crippen molar-refractivity contribution in [3.63, 3.8) is 0 Å². The first-order valence-corrected chi connectivity index (χ1v) is 9.46. The van der Waals surface area contributed by atoms with E-state index >= 15 is 0 Å². The number of benzene rings is 2. The minimum absolute atomic E-state index is 0.588. The summed E-state index contributed by atoms with van der Waals surface area (Å²) in [6, 6.07) is 20.5. The van der Waals surface area contributed by atoms with E-state index in [-0.39, 0.29) is 0 Å². The molecule has 2 aromatic heterocycles. The van der Waals surface area contributed by atoms with E-state index in [1.165, 1.54) is 0 Å². The Morgan fingerprint density at radius 3 is 2.31 bits per heavy atom. The van der Waals surface area contributed by atoms with Gasteiger partial charge in [-0.25, -0.2) is 4.98 Å². The van der Waals surface area contributed by atoms with E-state index in [0.717, 1.165) is 28.5 Å². The Balaban J connectivity index is 1.69. The van der Waals surface area contributed by atoms with Gasteiger partial charge in [0.2, 0.25) is 11.8 Å². The Morgan fingerprint density at radius 1 is 0.923 bits per heavy atom. The van der Waals surface area contributed by atoms with Crippen LogP contribution in [-0.2, 0) is 12.2 Å². The maximum Gasteiger partial charge on any atom is 0.226 e. The smallest absolute Gasteiger partial charge is 0.226 e. The molecule has 0 aliphatic heterocycles. The number of imidazole rings is 1. The molecule has 0 atom stereocenters. The van der Waals surface area contributed by atoms with Crippen molar-refractivity contribution < 1.29 is 4.42 Å². The van der Waals surface area contributed by atoms with Gasteiger partial charge in [0, 0.05) is 17.7 Å². The van der Waals surface area contributed by atoms with Gasteiger partial charge in [-0.3, -0.25) is 4.57 Å². The standard InChI is InChI=1S/C20H18N4OS/c1-2-18-22-23-19(25-18)14-26-20-21-13-17(15-9-5-3-6-10-15)24(20)16-11-7-4-8-12-16/h3-13H,2,14H2,1H3. The van der Waals surface area contributed by atoms with Crippen LogP contribution in [0.2, 0.25) is 0 Å². The number of para-hydroxylation sites is 1. The highest BCUT2D eigenvalue weighted by Gasteiger charge is 2.15. The summed E-state index contributed by atoms with van der Waals surface area (Å²) in [6.45, 7) is 2.00. The lowest BCUT2D eigenvalue weighted by Crippen LogP contribution is -1.99. The average Bonchev–Trinajstić information content (AvgIpc) is 3.34. The van der Waals surface area contributed by atoms with Crippen molar-refractivity contribution in [2.75, 3.05) is 0 Å². The van der Waals surface area contributed by atoms with Crippen molar-refractivity contribution in [1.29, 1.82) is 0 Å². The Labute approximate surface area is 156 Å². The molecule has 130 valence electrons. The van der Waals surface area contributed by atoms with E-state index in [9.17, 15) is 0 Å². The van der Waals surface area contributed by atoms with E-state index in [1.54, 1.807) is 11.8 Å². The summed E-state index contributed by atoms with van der Waals surface area (Å²) in [5, 5.41) is 9.01. The van der Waals surface area contributed by atoms with Crippen LogP contribution in [0.15, 0.2) is 76.4 Å². The molecular weight excluding hydrogens is 344 g/mol. The molecule has 2 aromatic carbocycles. The largest absolute Gasteiger partial charge is 0.424 e. The Hall–Kier alpha value is -2.86. The second kappa shape index (κ2) is 7.58. The minimum atomic E-state index is 0.588. The quantitative estimate of drug-likeness (QED) is 0.462. The maximum absolute atomic E-state index is 5.61. The number of rotatable bonds is 6. The topological polar surface area (TPSA) is 56.7 Å². The molecule has 2 heterocycles. The van der Waals surface area contributed by atoms with E-state index < -0.39 is 0 Å². The van der Waals surface area contributed by atoms with Crippen LogP contribution in [0.3, 0.4) is 0 Å². The molecular formula is C20H18N4OS. The van der Waals surface area contributed by atoms with Gasteiger partial charge in [0.05, 0.1) is 17.6 Å². The second-order valence-corrected chi connectivity index (χ2v) is 6.64. The third-order valence-corrected chi connectivity index (χ3v) is 4.89. The Bertz CT molecular complexity index is 979. The van der Waals surface area contributed by atoms with Crippen LogP contribution in [0.4, 0.5) is 0 Å². The van der Waals surface area contributed by atoms with Crippen molar-refractivity contribution in [2.45, 2.75) is 24.3 Å². The highest BCUT2D eigenvalue weighted by Crippen LogP contribution is 2.31. The molecule has 26 heavy (non-hydrogen) atoms. The number of nitrogens with zero attached hydrogens (tertiary/aromatic N) is 4. The zero-order valence-corrected chi connectivity index (χ0v) is 15.2. The predicted octanol–water partition coefficient (Wildman–Crippen LogP) is 4.78. The molecule has 6 heteroatoms. The van der Waals surface area contributed by atoms with Gasteiger partial charge in [-0.15, -0.1) is 10.2 Å². The van der Waals surface area contributed by atoms with Gasteiger partial charge in [0.15, 0.2) is 5.16 Å².